The first kappa shape index (κ1) is 13.0. The van der Waals surface area contributed by atoms with Crippen LogP contribution in [0.2, 0.25) is 0 Å². The van der Waals surface area contributed by atoms with Gasteiger partial charge in [-0.3, -0.25) is 0 Å². The van der Waals surface area contributed by atoms with Gasteiger partial charge in [-0.15, -0.1) is 0 Å². The van der Waals surface area contributed by atoms with Gasteiger partial charge in [-0.25, -0.2) is 4.98 Å². The molecule has 0 fully saturated rings. The number of hydrogen-bond acceptors (Lipinski definition) is 4. The maximum atomic E-state index is 5.70. The summed E-state index contributed by atoms with van der Waals surface area (Å²) in [7, 11) is 0. The van der Waals surface area contributed by atoms with Crippen LogP contribution >= 0.6 is 0 Å². The first-order valence-electron chi connectivity index (χ1n) is 7.45. The van der Waals surface area contributed by atoms with Crippen LogP contribution < -0.4 is 14.8 Å². The molecule has 22 heavy (non-hydrogen) atoms. The second-order valence-electron chi connectivity index (χ2n) is 5.26. The highest BCUT2D eigenvalue weighted by molar-refractivity contribution is 5.55. The summed E-state index contributed by atoms with van der Waals surface area (Å²) in [5.74, 6) is 1.62. The number of benzene rings is 1. The SMILES string of the molecule is c1ccn2cc(CNc3ccc4c(c3)OCCCO4)nc2c1. The lowest BCUT2D eigenvalue weighted by molar-refractivity contribution is 0.297. The van der Waals surface area contributed by atoms with Crippen molar-refractivity contribution in [1.82, 2.24) is 9.38 Å². The van der Waals surface area contributed by atoms with Crippen LogP contribution in [0, 0.1) is 0 Å². The highest BCUT2D eigenvalue weighted by Crippen LogP contribution is 2.32. The number of hydrogen-bond donors (Lipinski definition) is 1. The first-order valence-corrected chi connectivity index (χ1v) is 7.45. The fraction of sp³-hybridized carbons (Fsp3) is 0.235. The van der Waals surface area contributed by atoms with Gasteiger partial charge in [0.25, 0.3) is 0 Å². The molecular formula is C17H17N3O2. The molecule has 0 amide bonds. The van der Waals surface area contributed by atoms with Gasteiger partial charge in [0.15, 0.2) is 11.5 Å². The van der Waals surface area contributed by atoms with Crippen LogP contribution in [0.4, 0.5) is 5.69 Å². The van der Waals surface area contributed by atoms with Crippen LogP contribution in [-0.2, 0) is 6.54 Å². The van der Waals surface area contributed by atoms with E-state index in [4.69, 9.17) is 9.47 Å². The van der Waals surface area contributed by atoms with E-state index in [1.807, 2.05) is 53.2 Å². The van der Waals surface area contributed by atoms with E-state index < -0.39 is 0 Å². The van der Waals surface area contributed by atoms with E-state index >= 15 is 0 Å². The van der Waals surface area contributed by atoms with Crippen molar-refractivity contribution in [3.63, 3.8) is 0 Å². The first-order chi connectivity index (χ1) is 10.9. The van der Waals surface area contributed by atoms with Crippen LogP contribution in [-0.4, -0.2) is 22.6 Å². The molecule has 3 aromatic rings. The summed E-state index contributed by atoms with van der Waals surface area (Å²) in [6.07, 6.45) is 4.95. The molecule has 1 aliphatic rings. The number of nitrogens with one attached hydrogen (secondary N) is 1. The second-order valence-corrected chi connectivity index (χ2v) is 5.26. The third-order valence-corrected chi connectivity index (χ3v) is 3.64. The standard InChI is InChI=1S/C17H17N3O2/c1-2-7-20-12-14(19-17(20)4-1)11-18-13-5-6-15-16(10-13)22-9-3-8-21-15/h1-2,4-7,10,12,18H,3,8-9,11H2. The van der Waals surface area contributed by atoms with Crippen LogP contribution in [0.1, 0.15) is 12.1 Å². The third kappa shape index (κ3) is 2.57. The fourth-order valence-corrected chi connectivity index (χ4v) is 2.54. The summed E-state index contributed by atoms with van der Waals surface area (Å²) in [4.78, 5) is 4.57. The summed E-state index contributed by atoms with van der Waals surface area (Å²) >= 11 is 0. The lowest BCUT2D eigenvalue weighted by atomic mass is 10.2. The molecule has 0 saturated carbocycles. The zero-order valence-electron chi connectivity index (χ0n) is 12.2. The minimum atomic E-state index is 0.668. The minimum Gasteiger partial charge on any atom is -0.490 e. The van der Waals surface area contributed by atoms with Gasteiger partial charge in [0, 0.05) is 30.6 Å². The average Bonchev–Trinajstić information content (AvgIpc) is 2.82. The predicted octanol–water partition coefficient (Wildman–Crippen LogP) is 3.11. The molecule has 3 heterocycles. The van der Waals surface area contributed by atoms with Crippen molar-refractivity contribution in [2.45, 2.75) is 13.0 Å². The fourth-order valence-electron chi connectivity index (χ4n) is 2.54. The second kappa shape index (κ2) is 5.60. The number of rotatable bonds is 3. The zero-order chi connectivity index (χ0) is 14.8. The van der Waals surface area contributed by atoms with E-state index in [0.29, 0.717) is 19.8 Å². The Morgan fingerprint density at radius 3 is 2.91 bits per heavy atom. The molecule has 1 aliphatic heterocycles. The maximum absolute atomic E-state index is 5.70. The molecule has 0 aliphatic carbocycles. The molecular weight excluding hydrogens is 278 g/mol. The van der Waals surface area contributed by atoms with Crippen molar-refractivity contribution in [1.29, 1.82) is 0 Å². The molecule has 1 N–H and O–H groups in total. The monoisotopic (exact) mass is 295 g/mol. The molecule has 0 radical (unpaired) electrons. The summed E-state index contributed by atoms with van der Waals surface area (Å²) in [5, 5.41) is 3.38. The summed E-state index contributed by atoms with van der Waals surface area (Å²) in [6, 6.07) is 11.9. The molecule has 5 nitrogen and oxygen atoms in total. The van der Waals surface area contributed by atoms with Crippen LogP contribution in [0.5, 0.6) is 11.5 Å². The molecule has 0 spiro atoms. The Labute approximate surface area is 128 Å². The van der Waals surface area contributed by atoms with Crippen molar-refractivity contribution < 1.29 is 9.47 Å². The lowest BCUT2D eigenvalue weighted by Crippen LogP contribution is -2.00. The predicted molar refractivity (Wildman–Crippen MR) is 84.6 cm³/mol. The number of imidazole rings is 1. The van der Waals surface area contributed by atoms with Crippen molar-refractivity contribution in [3.8, 4) is 11.5 Å². The van der Waals surface area contributed by atoms with Gasteiger partial charge in [-0.05, 0) is 24.3 Å². The van der Waals surface area contributed by atoms with Crippen molar-refractivity contribution in [2.24, 2.45) is 0 Å². The zero-order valence-corrected chi connectivity index (χ0v) is 12.2. The Hall–Kier alpha value is -2.69. The Kier molecular flexibility index (Phi) is 3.31. The molecule has 0 unspecified atom stereocenters. The van der Waals surface area contributed by atoms with Crippen molar-refractivity contribution in [3.05, 3.63) is 54.5 Å². The van der Waals surface area contributed by atoms with E-state index in [0.717, 1.165) is 34.9 Å². The average molecular weight is 295 g/mol. The molecule has 0 atom stereocenters. The molecule has 4 rings (SSSR count). The molecule has 0 saturated heterocycles. The Bertz CT molecular complexity index is 764. The Balaban J connectivity index is 1.50. The maximum Gasteiger partial charge on any atom is 0.163 e. The summed E-state index contributed by atoms with van der Waals surface area (Å²) < 4.78 is 13.4. The minimum absolute atomic E-state index is 0.668. The van der Waals surface area contributed by atoms with Gasteiger partial charge in [-0.1, -0.05) is 6.07 Å². The molecule has 2 aromatic heterocycles. The van der Waals surface area contributed by atoms with Crippen molar-refractivity contribution >= 4 is 11.3 Å². The molecule has 5 heteroatoms. The number of anilines is 1. The largest absolute Gasteiger partial charge is 0.490 e. The lowest BCUT2D eigenvalue weighted by Gasteiger charge is -2.10. The quantitative estimate of drug-likeness (QED) is 0.806. The number of aromatic nitrogens is 2. The Morgan fingerprint density at radius 2 is 2.00 bits per heavy atom. The van der Waals surface area contributed by atoms with Crippen molar-refractivity contribution in [2.75, 3.05) is 18.5 Å². The number of fused-ring (bicyclic) bond motifs is 2. The van der Waals surface area contributed by atoms with E-state index in [9.17, 15) is 0 Å². The number of ether oxygens (including phenoxy) is 2. The number of nitrogens with zero attached hydrogens (tertiary/aromatic N) is 2. The molecule has 112 valence electrons. The van der Waals surface area contributed by atoms with Gasteiger partial charge in [0.1, 0.15) is 5.65 Å². The van der Waals surface area contributed by atoms with Gasteiger partial charge in [0.2, 0.25) is 0 Å². The van der Waals surface area contributed by atoms with Crippen LogP contribution in [0.3, 0.4) is 0 Å². The number of pyridine rings is 1. The van der Waals surface area contributed by atoms with E-state index in [1.54, 1.807) is 0 Å². The molecule has 1 aromatic carbocycles. The van der Waals surface area contributed by atoms with Gasteiger partial charge >= 0.3 is 0 Å². The third-order valence-electron chi connectivity index (χ3n) is 3.64. The smallest absolute Gasteiger partial charge is 0.163 e. The van der Waals surface area contributed by atoms with E-state index in [2.05, 4.69) is 10.3 Å². The Morgan fingerprint density at radius 1 is 1.09 bits per heavy atom. The topological polar surface area (TPSA) is 47.8 Å². The van der Waals surface area contributed by atoms with Gasteiger partial charge in [0.05, 0.1) is 25.5 Å². The summed E-state index contributed by atoms with van der Waals surface area (Å²) in [6.45, 7) is 2.07. The van der Waals surface area contributed by atoms with Gasteiger partial charge < -0.3 is 19.2 Å². The molecule has 0 bridgehead atoms. The van der Waals surface area contributed by atoms with Gasteiger partial charge in [-0.2, -0.15) is 0 Å². The van der Waals surface area contributed by atoms with Crippen LogP contribution in [0.25, 0.3) is 5.65 Å². The highest BCUT2D eigenvalue weighted by atomic mass is 16.5. The normalized spacial score (nSPS) is 13.8. The summed E-state index contributed by atoms with van der Waals surface area (Å²) in [5.41, 5.74) is 2.96. The van der Waals surface area contributed by atoms with E-state index in [1.165, 1.54) is 0 Å². The highest BCUT2D eigenvalue weighted by Gasteiger charge is 2.10. The van der Waals surface area contributed by atoms with E-state index in [-0.39, 0.29) is 0 Å². The van der Waals surface area contributed by atoms with Crippen LogP contribution in [0.15, 0.2) is 48.8 Å².